The molecule has 5 aromatic rings. The molecular formula is C19H15N7O. The molecule has 8 heteroatoms. The number of hydrogen-bond donors (Lipinski definition) is 3. The smallest absolute Gasteiger partial charge is 0.214 e. The van der Waals surface area contributed by atoms with Gasteiger partial charge in [0.05, 0.1) is 34.2 Å². The number of aromatic nitrogens is 6. The Morgan fingerprint density at radius 2 is 2.00 bits per heavy atom. The minimum Gasteiger partial charge on any atom is -0.383 e. The van der Waals surface area contributed by atoms with Gasteiger partial charge < -0.3 is 15.7 Å². The van der Waals surface area contributed by atoms with Crippen LogP contribution in [0.15, 0.2) is 48.9 Å². The summed E-state index contributed by atoms with van der Waals surface area (Å²) in [5, 5.41) is 5.17. The number of rotatable bonds is 3. The second kappa shape index (κ2) is 5.53. The summed E-state index contributed by atoms with van der Waals surface area (Å²) in [5.41, 5.74) is 10.4. The van der Waals surface area contributed by atoms with Crippen molar-refractivity contribution in [3.63, 3.8) is 0 Å². The van der Waals surface area contributed by atoms with E-state index in [2.05, 4.69) is 25.0 Å². The van der Waals surface area contributed by atoms with Crippen molar-refractivity contribution in [2.45, 2.75) is 6.92 Å². The lowest BCUT2D eigenvalue weighted by Crippen LogP contribution is -2.07. The highest BCUT2D eigenvalue weighted by atomic mass is 16.1. The molecule has 0 spiro atoms. The first-order valence-corrected chi connectivity index (χ1v) is 8.38. The monoisotopic (exact) mass is 357 g/mol. The molecule has 4 heterocycles. The fourth-order valence-electron chi connectivity index (χ4n) is 3.23. The standard InChI is InChI=1S/C19H15N7O/c1-10-23-15-3-2-12(7-16(15)24-10)26-19(20)13(9-22-26)18(27)17-6-11-8-21-5-4-14(11)25-17/h2-9,25H,20H2,1H3,(H,23,24). The predicted octanol–water partition coefficient (Wildman–Crippen LogP) is 2.75. The lowest BCUT2D eigenvalue weighted by molar-refractivity contribution is 0.103. The summed E-state index contributed by atoms with van der Waals surface area (Å²) in [6.45, 7) is 1.90. The number of carbonyl (C=O) groups is 1. The summed E-state index contributed by atoms with van der Waals surface area (Å²) < 4.78 is 1.54. The number of nitrogen functional groups attached to an aromatic ring is 1. The Morgan fingerprint density at radius 1 is 1.11 bits per heavy atom. The Morgan fingerprint density at radius 3 is 2.85 bits per heavy atom. The van der Waals surface area contributed by atoms with Crippen LogP contribution < -0.4 is 5.73 Å². The highest BCUT2D eigenvalue weighted by Crippen LogP contribution is 2.24. The topological polar surface area (TPSA) is 118 Å². The largest absolute Gasteiger partial charge is 0.383 e. The van der Waals surface area contributed by atoms with E-state index in [0.717, 1.165) is 33.4 Å². The van der Waals surface area contributed by atoms with E-state index in [0.29, 0.717) is 11.3 Å². The Bertz CT molecular complexity index is 1290. The van der Waals surface area contributed by atoms with E-state index in [1.165, 1.54) is 6.20 Å². The van der Waals surface area contributed by atoms with Gasteiger partial charge in [-0.15, -0.1) is 0 Å². The number of imidazole rings is 1. The molecule has 1 aromatic carbocycles. The number of aromatic amines is 2. The van der Waals surface area contributed by atoms with Crippen molar-refractivity contribution < 1.29 is 4.79 Å². The number of pyridine rings is 1. The number of nitrogens with zero attached hydrogens (tertiary/aromatic N) is 4. The van der Waals surface area contributed by atoms with Crippen molar-refractivity contribution in [2.75, 3.05) is 5.73 Å². The normalized spacial score (nSPS) is 11.4. The molecule has 0 amide bonds. The van der Waals surface area contributed by atoms with Crippen LogP contribution in [0.25, 0.3) is 27.6 Å². The molecule has 0 saturated carbocycles. The molecule has 0 radical (unpaired) electrons. The van der Waals surface area contributed by atoms with E-state index in [4.69, 9.17) is 5.73 Å². The number of nitrogens with one attached hydrogen (secondary N) is 2. The van der Waals surface area contributed by atoms with Gasteiger partial charge >= 0.3 is 0 Å². The zero-order valence-corrected chi connectivity index (χ0v) is 14.4. The van der Waals surface area contributed by atoms with Crippen LogP contribution >= 0.6 is 0 Å². The maximum Gasteiger partial charge on any atom is 0.214 e. The number of fused-ring (bicyclic) bond motifs is 2. The second-order valence-electron chi connectivity index (χ2n) is 6.35. The lowest BCUT2D eigenvalue weighted by atomic mass is 10.1. The van der Waals surface area contributed by atoms with Gasteiger partial charge in [0.15, 0.2) is 0 Å². The Balaban J connectivity index is 1.56. The minimum atomic E-state index is -0.216. The third kappa shape index (κ3) is 2.38. The Labute approximate surface area is 153 Å². The van der Waals surface area contributed by atoms with Gasteiger partial charge in [-0.2, -0.15) is 5.10 Å². The summed E-state index contributed by atoms with van der Waals surface area (Å²) in [5.74, 6) is 0.898. The summed E-state index contributed by atoms with van der Waals surface area (Å²) >= 11 is 0. The molecule has 0 aliphatic carbocycles. The lowest BCUT2D eigenvalue weighted by Gasteiger charge is -2.04. The number of aryl methyl sites for hydroxylation is 1. The molecule has 132 valence electrons. The van der Waals surface area contributed by atoms with Crippen LogP contribution in [0.1, 0.15) is 21.9 Å². The van der Waals surface area contributed by atoms with Gasteiger partial charge in [0.25, 0.3) is 0 Å². The zero-order valence-electron chi connectivity index (χ0n) is 14.4. The molecule has 0 aliphatic heterocycles. The van der Waals surface area contributed by atoms with E-state index in [1.807, 2.05) is 31.2 Å². The number of carbonyl (C=O) groups excluding carboxylic acids is 1. The van der Waals surface area contributed by atoms with Crippen molar-refractivity contribution in [3.05, 3.63) is 66.0 Å². The highest BCUT2D eigenvalue weighted by molar-refractivity contribution is 6.12. The highest BCUT2D eigenvalue weighted by Gasteiger charge is 2.20. The number of H-pyrrole nitrogens is 2. The number of ketones is 1. The fraction of sp³-hybridized carbons (Fsp3) is 0.0526. The summed E-state index contributed by atoms with van der Waals surface area (Å²) in [6.07, 6.45) is 4.87. The number of nitrogens with two attached hydrogens (primary N) is 1. The summed E-state index contributed by atoms with van der Waals surface area (Å²) in [7, 11) is 0. The Hall–Kier alpha value is -3.94. The van der Waals surface area contributed by atoms with Gasteiger partial charge in [-0.05, 0) is 37.3 Å². The molecule has 0 saturated heterocycles. The van der Waals surface area contributed by atoms with E-state index < -0.39 is 0 Å². The van der Waals surface area contributed by atoms with Crippen LogP contribution in [0, 0.1) is 6.92 Å². The molecule has 27 heavy (non-hydrogen) atoms. The maximum absolute atomic E-state index is 12.9. The van der Waals surface area contributed by atoms with E-state index >= 15 is 0 Å². The van der Waals surface area contributed by atoms with Gasteiger partial charge in [-0.25, -0.2) is 9.67 Å². The average molecular weight is 357 g/mol. The van der Waals surface area contributed by atoms with Crippen LogP contribution in [-0.4, -0.2) is 35.5 Å². The minimum absolute atomic E-state index is 0.216. The van der Waals surface area contributed by atoms with Crippen LogP contribution in [0.2, 0.25) is 0 Å². The van der Waals surface area contributed by atoms with Crippen molar-refractivity contribution in [1.29, 1.82) is 0 Å². The molecule has 0 fully saturated rings. The molecular weight excluding hydrogens is 342 g/mol. The van der Waals surface area contributed by atoms with Crippen molar-refractivity contribution in [2.24, 2.45) is 0 Å². The Kier molecular flexibility index (Phi) is 3.14. The average Bonchev–Trinajstić information content (AvgIpc) is 3.35. The number of benzene rings is 1. The summed E-state index contributed by atoms with van der Waals surface area (Å²) in [6, 6.07) is 9.26. The SMILES string of the molecule is Cc1nc2cc(-n3ncc(C(=O)c4cc5cnccc5[nH]4)c3N)ccc2[nH]1. The molecule has 4 aromatic heterocycles. The zero-order chi connectivity index (χ0) is 18.5. The molecule has 8 nitrogen and oxygen atoms in total. The van der Waals surface area contributed by atoms with Crippen molar-refractivity contribution in [3.8, 4) is 5.69 Å². The molecule has 0 aliphatic rings. The van der Waals surface area contributed by atoms with E-state index in [-0.39, 0.29) is 11.6 Å². The van der Waals surface area contributed by atoms with Crippen LogP contribution in [-0.2, 0) is 0 Å². The van der Waals surface area contributed by atoms with E-state index in [9.17, 15) is 4.79 Å². The van der Waals surface area contributed by atoms with Gasteiger partial charge in [0.2, 0.25) is 5.78 Å². The maximum atomic E-state index is 12.9. The molecule has 5 rings (SSSR count). The third-order valence-corrected chi connectivity index (χ3v) is 4.55. The van der Waals surface area contributed by atoms with E-state index in [1.54, 1.807) is 23.1 Å². The van der Waals surface area contributed by atoms with Gasteiger partial charge in [0, 0.05) is 23.3 Å². The van der Waals surface area contributed by atoms with Crippen molar-refractivity contribution in [1.82, 2.24) is 29.7 Å². The molecule has 0 unspecified atom stereocenters. The third-order valence-electron chi connectivity index (χ3n) is 4.55. The van der Waals surface area contributed by atoms with Gasteiger partial charge in [0.1, 0.15) is 11.6 Å². The fourth-order valence-corrected chi connectivity index (χ4v) is 3.23. The quantitative estimate of drug-likeness (QED) is 0.429. The molecule has 0 bridgehead atoms. The molecule has 0 atom stereocenters. The summed E-state index contributed by atoms with van der Waals surface area (Å²) in [4.78, 5) is 27.7. The molecule has 4 N–H and O–H groups in total. The van der Waals surface area contributed by atoms with Crippen molar-refractivity contribution >= 4 is 33.5 Å². The first-order chi connectivity index (χ1) is 13.1. The first kappa shape index (κ1) is 15.3. The predicted molar refractivity (Wildman–Crippen MR) is 102 cm³/mol. The first-order valence-electron chi connectivity index (χ1n) is 8.38. The van der Waals surface area contributed by atoms with Crippen LogP contribution in [0.3, 0.4) is 0 Å². The number of hydrogen-bond acceptors (Lipinski definition) is 5. The van der Waals surface area contributed by atoms with Gasteiger partial charge in [-0.1, -0.05) is 0 Å². The van der Waals surface area contributed by atoms with Crippen LogP contribution in [0.4, 0.5) is 5.82 Å². The van der Waals surface area contributed by atoms with Gasteiger partial charge in [-0.3, -0.25) is 9.78 Å². The number of anilines is 1. The van der Waals surface area contributed by atoms with Crippen LogP contribution in [0.5, 0.6) is 0 Å². The second-order valence-corrected chi connectivity index (χ2v) is 6.35.